The van der Waals surface area contributed by atoms with E-state index >= 15 is 0 Å². The van der Waals surface area contributed by atoms with Crippen LogP contribution in [-0.2, 0) is 11.3 Å². The molecule has 2 saturated carbocycles. The van der Waals surface area contributed by atoms with Gasteiger partial charge in [-0.25, -0.2) is 4.98 Å². The number of aryl methyl sites for hydroxylation is 1. The Labute approximate surface area is 161 Å². The lowest BCUT2D eigenvalue weighted by Crippen LogP contribution is -2.40. The van der Waals surface area contributed by atoms with Gasteiger partial charge in [0.25, 0.3) is 5.56 Å². The Balaban J connectivity index is 1.38. The van der Waals surface area contributed by atoms with Gasteiger partial charge in [-0.15, -0.1) is 0 Å². The minimum absolute atomic E-state index is 0.0153. The van der Waals surface area contributed by atoms with Crippen molar-refractivity contribution in [1.29, 1.82) is 0 Å². The lowest BCUT2D eigenvalue weighted by molar-refractivity contribution is -0.122. The fourth-order valence-electron chi connectivity index (χ4n) is 4.85. The molecule has 0 aliphatic heterocycles. The molecule has 4 atom stereocenters. The summed E-state index contributed by atoms with van der Waals surface area (Å²) in [4.78, 5) is 29.3. The molecule has 1 amide bonds. The van der Waals surface area contributed by atoms with Crippen molar-refractivity contribution < 1.29 is 4.79 Å². The Hall–Kier alpha value is -1.69. The van der Waals surface area contributed by atoms with Crippen LogP contribution in [0.2, 0.25) is 0 Å². The van der Waals surface area contributed by atoms with E-state index in [1.165, 1.54) is 36.6 Å². The van der Waals surface area contributed by atoms with Crippen molar-refractivity contribution in [1.82, 2.24) is 14.9 Å². The average molecular weight is 418 g/mol. The summed E-state index contributed by atoms with van der Waals surface area (Å²) in [5.41, 5.74) is 0.564. The van der Waals surface area contributed by atoms with Gasteiger partial charge in [0.15, 0.2) is 0 Å². The standard InChI is InChI=1S/C20H24BrN3O2/c1-12(16-9-13-2-3-14(16)8-13)23-19(25)6-7-24-11-22-18-5-4-15(21)10-17(18)20(24)26/h4-5,10-14,16H,2-3,6-9H2,1H3,(H,23,25)/t12-,13+,14+,16-/m1/s1. The van der Waals surface area contributed by atoms with Gasteiger partial charge in [-0.05, 0) is 62.1 Å². The van der Waals surface area contributed by atoms with Crippen LogP contribution in [-0.4, -0.2) is 21.5 Å². The average Bonchev–Trinajstić information content (AvgIpc) is 3.25. The first kappa shape index (κ1) is 17.7. The lowest BCUT2D eigenvalue weighted by atomic mass is 9.84. The first-order valence-electron chi connectivity index (χ1n) is 9.45. The Morgan fingerprint density at radius 2 is 2.23 bits per heavy atom. The third-order valence-electron chi connectivity index (χ3n) is 6.19. The van der Waals surface area contributed by atoms with Gasteiger partial charge >= 0.3 is 0 Å². The highest BCUT2D eigenvalue weighted by atomic mass is 79.9. The van der Waals surface area contributed by atoms with Gasteiger partial charge < -0.3 is 5.32 Å². The number of nitrogens with one attached hydrogen (secondary N) is 1. The van der Waals surface area contributed by atoms with Gasteiger partial charge in [-0.2, -0.15) is 0 Å². The number of hydrogen-bond donors (Lipinski definition) is 1. The van der Waals surface area contributed by atoms with Gasteiger partial charge in [0.1, 0.15) is 0 Å². The summed E-state index contributed by atoms with van der Waals surface area (Å²) in [5, 5.41) is 3.73. The molecule has 2 aliphatic carbocycles. The van der Waals surface area contributed by atoms with Crippen LogP contribution in [0.3, 0.4) is 0 Å². The van der Waals surface area contributed by atoms with E-state index in [4.69, 9.17) is 0 Å². The predicted octanol–water partition coefficient (Wildman–Crippen LogP) is 3.49. The van der Waals surface area contributed by atoms with Gasteiger partial charge in [-0.1, -0.05) is 22.4 Å². The Bertz CT molecular complexity index is 894. The number of carbonyl (C=O) groups excluding carboxylic acids is 1. The fraction of sp³-hybridized carbons (Fsp3) is 0.550. The molecule has 0 unspecified atom stereocenters. The van der Waals surface area contributed by atoms with Crippen molar-refractivity contribution in [2.45, 2.75) is 51.6 Å². The summed E-state index contributed by atoms with van der Waals surface area (Å²) in [6.45, 7) is 2.48. The number of benzene rings is 1. The largest absolute Gasteiger partial charge is 0.353 e. The summed E-state index contributed by atoms with van der Waals surface area (Å²) in [6.07, 6.45) is 7.13. The topological polar surface area (TPSA) is 64.0 Å². The molecule has 4 rings (SSSR count). The zero-order valence-corrected chi connectivity index (χ0v) is 16.5. The van der Waals surface area contributed by atoms with Crippen LogP contribution in [0.5, 0.6) is 0 Å². The number of halogens is 1. The maximum Gasteiger partial charge on any atom is 0.261 e. The van der Waals surface area contributed by atoms with Crippen LogP contribution in [0.1, 0.15) is 39.0 Å². The van der Waals surface area contributed by atoms with Gasteiger partial charge in [0.05, 0.1) is 17.2 Å². The third-order valence-corrected chi connectivity index (χ3v) is 6.68. The van der Waals surface area contributed by atoms with Gasteiger partial charge in [0, 0.05) is 23.5 Å². The molecule has 1 N–H and O–H groups in total. The molecule has 26 heavy (non-hydrogen) atoms. The Kier molecular flexibility index (Phi) is 4.86. The number of rotatable bonds is 5. The van der Waals surface area contributed by atoms with E-state index in [0.29, 0.717) is 29.8 Å². The Morgan fingerprint density at radius 3 is 2.96 bits per heavy atom. The summed E-state index contributed by atoms with van der Waals surface area (Å²) in [7, 11) is 0. The lowest BCUT2D eigenvalue weighted by Gasteiger charge is -2.28. The van der Waals surface area contributed by atoms with E-state index in [0.717, 1.165) is 16.3 Å². The van der Waals surface area contributed by atoms with E-state index < -0.39 is 0 Å². The van der Waals surface area contributed by atoms with Crippen molar-refractivity contribution in [3.8, 4) is 0 Å². The predicted molar refractivity (Wildman–Crippen MR) is 105 cm³/mol. The second-order valence-corrected chi connectivity index (χ2v) is 8.77. The fourth-order valence-corrected chi connectivity index (χ4v) is 5.21. The van der Waals surface area contributed by atoms with Gasteiger partial charge in [0.2, 0.25) is 5.91 Å². The first-order chi connectivity index (χ1) is 12.5. The Morgan fingerprint density at radius 1 is 1.38 bits per heavy atom. The van der Waals surface area contributed by atoms with Crippen molar-refractivity contribution >= 4 is 32.7 Å². The zero-order chi connectivity index (χ0) is 18.3. The van der Waals surface area contributed by atoms with E-state index in [1.54, 1.807) is 6.07 Å². The highest BCUT2D eigenvalue weighted by Gasteiger charge is 2.42. The summed E-state index contributed by atoms with van der Waals surface area (Å²) < 4.78 is 2.37. The molecule has 1 aromatic carbocycles. The minimum Gasteiger partial charge on any atom is -0.353 e. The summed E-state index contributed by atoms with van der Waals surface area (Å²) in [5.74, 6) is 2.31. The molecule has 2 aliphatic rings. The van der Waals surface area contributed by atoms with Crippen LogP contribution in [0.25, 0.3) is 10.9 Å². The number of aromatic nitrogens is 2. The number of carbonyl (C=O) groups is 1. The molecule has 2 aromatic rings. The SMILES string of the molecule is C[C@@H](NC(=O)CCn1cnc2ccc(Br)cc2c1=O)[C@H]1C[C@H]2CC[C@H]1C2. The first-order valence-corrected chi connectivity index (χ1v) is 10.2. The molecule has 0 spiro atoms. The number of hydrogen-bond acceptors (Lipinski definition) is 3. The minimum atomic E-state index is -0.106. The quantitative estimate of drug-likeness (QED) is 0.809. The van der Waals surface area contributed by atoms with Crippen LogP contribution < -0.4 is 10.9 Å². The molecule has 6 heteroatoms. The van der Waals surface area contributed by atoms with Crippen LogP contribution >= 0.6 is 15.9 Å². The molecular formula is C20H24BrN3O2. The number of nitrogens with zero attached hydrogens (tertiary/aromatic N) is 2. The molecule has 1 aromatic heterocycles. The molecular weight excluding hydrogens is 394 g/mol. The highest BCUT2D eigenvalue weighted by Crippen LogP contribution is 2.49. The van der Waals surface area contributed by atoms with E-state index in [1.807, 2.05) is 12.1 Å². The molecule has 2 bridgehead atoms. The number of amides is 1. The maximum atomic E-state index is 12.6. The second-order valence-electron chi connectivity index (χ2n) is 7.85. The van der Waals surface area contributed by atoms with Crippen molar-refractivity contribution in [2.75, 3.05) is 0 Å². The molecule has 0 saturated heterocycles. The van der Waals surface area contributed by atoms with Crippen molar-refractivity contribution in [3.63, 3.8) is 0 Å². The van der Waals surface area contributed by atoms with E-state index in [9.17, 15) is 9.59 Å². The summed E-state index contributed by atoms with van der Waals surface area (Å²) in [6, 6.07) is 5.68. The normalized spacial score (nSPS) is 25.5. The molecule has 0 radical (unpaired) electrons. The van der Waals surface area contributed by atoms with Crippen LogP contribution in [0.4, 0.5) is 0 Å². The molecule has 5 nitrogen and oxygen atoms in total. The number of fused-ring (bicyclic) bond motifs is 3. The van der Waals surface area contributed by atoms with E-state index in [2.05, 4.69) is 33.2 Å². The highest BCUT2D eigenvalue weighted by molar-refractivity contribution is 9.10. The van der Waals surface area contributed by atoms with Gasteiger partial charge in [-0.3, -0.25) is 14.2 Å². The smallest absolute Gasteiger partial charge is 0.261 e. The monoisotopic (exact) mass is 417 g/mol. The third kappa shape index (κ3) is 3.43. The van der Waals surface area contributed by atoms with Crippen LogP contribution in [0, 0.1) is 17.8 Å². The van der Waals surface area contributed by atoms with Crippen LogP contribution in [0.15, 0.2) is 33.8 Å². The second kappa shape index (κ2) is 7.14. The maximum absolute atomic E-state index is 12.6. The molecule has 2 fully saturated rings. The molecule has 1 heterocycles. The summed E-state index contributed by atoms with van der Waals surface area (Å²) >= 11 is 3.39. The van der Waals surface area contributed by atoms with Crippen molar-refractivity contribution in [2.24, 2.45) is 17.8 Å². The zero-order valence-electron chi connectivity index (χ0n) is 15.0. The van der Waals surface area contributed by atoms with E-state index in [-0.39, 0.29) is 17.5 Å². The van der Waals surface area contributed by atoms with Crippen molar-refractivity contribution in [3.05, 3.63) is 39.4 Å². The molecule has 138 valence electrons.